The van der Waals surface area contributed by atoms with E-state index >= 15 is 0 Å². The van der Waals surface area contributed by atoms with Crippen molar-refractivity contribution in [3.05, 3.63) is 30.6 Å². The Morgan fingerprint density at radius 3 is 3.00 bits per heavy atom. The number of aromatic nitrogens is 2. The number of imidazole rings is 1. The van der Waals surface area contributed by atoms with Gasteiger partial charge in [0.15, 0.2) is 0 Å². The smallest absolute Gasteiger partial charge is 0.321 e. The van der Waals surface area contributed by atoms with Crippen LogP contribution in [0.4, 0.5) is 10.7 Å². The van der Waals surface area contributed by atoms with Crippen LogP contribution in [-0.4, -0.2) is 21.5 Å². The van der Waals surface area contributed by atoms with Crippen molar-refractivity contribution in [1.29, 1.82) is 0 Å². The molecule has 0 saturated carbocycles. The number of rotatable bonds is 2. The monoisotopic (exact) mass is 218 g/mol. The maximum absolute atomic E-state index is 11.5. The zero-order chi connectivity index (χ0) is 11.5. The Morgan fingerprint density at radius 2 is 2.25 bits per heavy atom. The van der Waals surface area contributed by atoms with Crippen LogP contribution in [0.5, 0.6) is 0 Å². The topological polar surface area (TPSA) is 58.4 Å². The number of amides is 2. The SMILES string of the molecule is CC(C)NC(=O)Nc1ncc2ccccn12. The lowest BCUT2D eigenvalue weighted by Gasteiger charge is -2.08. The first-order chi connectivity index (χ1) is 7.66. The van der Waals surface area contributed by atoms with E-state index in [4.69, 9.17) is 0 Å². The fraction of sp³-hybridized carbons (Fsp3) is 0.273. The van der Waals surface area contributed by atoms with E-state index in [2.05, 4.69) is 15.6 Å². The van der Waals surface area contributed by atoms with Crippen LogP contribution in [0.25, 0.3) is 5.52 Å². The molecule has 0 unspecified atom stereocenters. The van der Waals surface area contributed by atoms with Crippen molar-refractivity contribution in [2.24, 2.45) is 0 Å². The predicted molar refractivity (Wildman–Crippen MR) is 62.5 cm³/mol. The number of carbonyl (C=O) groups is 1. The van der Waals surface area contributed by atoms with Gasteiger partial charge >= 0.3 is 6.03 Å². The van der Waals surface area contributed by atoms with Gasteiger partial charge < -0.3 is 5.32 Å². The van der Waals surface area contributed by atoms with Gasteiger partial charge in [-0.3, -0.25) is 9.72 Å². The Labute approximate surface area is 93.5 Å². The highest BCUT2D eigenvalue weighted by Crippen LogP contribution is 2.09. The highest BCUT2D eigenvalue weighted by molar-refractivity contribution is 5.88. The highest BCUT2D eigenvalue weighted by Gasteiger charge is 2.07. The van der Waals surface area contributed by atoms with Crippen LogP contribution in [0.3, 0.4) is 0 Å². The molecule has 2 rings (SSSR count). The Bertz CT molecular complexity index is 503. The third-order valence-corrected chi connectivity index (χ3v) is 2.08. The lowest BCUT2D eigenvalue weighted by Crippen LogP contribution is -2.34. The van der Waals surface area contributed by atoms with Crippen LogP contribution >= 0.6 is 0 Å². The van der Waals surface area contributed by atoms with Crippen LogP contribution in [0.15, 0.2) is 30.6 Å². The number of pyridine rings is 1. The fourth-order valence-corrected chi connectivity index (χ4v) is 1.44. The second kappa shape index (κ2) is 4.22. The highest BCUT2D eigenvalue weighted by atomic mass is 16.2. The molecule has 0 aliphatic carbocycles. The molecule has 2 heterocycles. The first kappa shape index (κ1) is 10.5. The van der Waals surface area contributed by atoms with Gasteiger partial charge in [0, 0.05) is 12.2 Å². The minimum Gasteiger partial charge on any atom is -0.336 e. The number of anilines is 1. The van der Waals surface area contributed by atoms with Gasteiger partial charge in [-0.15, -0.1) is 0 Å². The molecule has 0 saturated heterocycles. The van der Waals surface area contributed by atoms with Gasteiger partial charge in [0.2, 0.25) is 5.95 Å². The third kappa shape index (κ3) is 2.13. The summed E-state index contributed by atoms with van der Waals surface area (Å²) in [4.78, 5) is 15.6. The van der Waals surface area contributed by atoms with Gasteiger partial charge in [-0.25, -0.2) is 9.78 Å². The van der Waals surface area contributed by atoms with E-state index in [1.807, 2.05) is 42.6 Å². The fourth-order valence-electron chi connectivity index (χ4n) is 1.44. The van der Waals surface area contributed by atoms with Gasteiger partial charge in [0.1, 0.15) is 0 Å². The van der Waals surface area contributed by atoms with Crippen molar-refractivity contribution in [2.75, 3.05) is 5.32 Å². The third-order valence-electron chi connectivity index (χ3n) is 2.08. The lowest BCUT2D eigenvalue weighted by molar-refractivity contribution is 0.250. The van der Waals surface area contributed by atoms with E-state index < -0.39 is 0 Å². The molecule has 5 heteroatoms. The summed E-state index contributed by atoms with van der Waals surface area (Å²) in [6, 6.07) is 5.60. The minimum absolute atomic E-state index is 0.103. The average molecular weight is 218 g/mol. The summed E-state index contributed by atoms with van der Waals surface area (Å²) in [5.41, 5.74) is 0.947. The predicted octanol–water partition coefficient (Wildman–Crippen LogP) is 1.86. The van der Waals surface area contributed by atoms with E-state index in [-0.39, 0.29) is 12.1 Å². The molecule has 0 aliphatic heterocycles. The van der Waals surface area contributed by atoms with E-state index in [1.165, 1.54) is 0 Å². The second-order valence-corrected chi connectivity index (χ2v) is 3.83. The Morgan fingerprint density at radius 1 is 1.44 bits per heavy atom. The molecule has 2 N–H and O–H groups in total. The van der Waals surface area contributed by atoms with Crippen molar-refractivity contribution >= 4 is 17.5 Å². The number of urea groups is 1. The summed E-state index contributed by atoms with van der Waals surface area (Å²) in [6.45, 7) is 3.81. The van der Waals surface area contributed by atoms with Crippen LogP contribution in [0.2, 0.25) is 0 Å². The molecule has 0 aromatic carbocycles. The number of fused-ring (bicyclic) bond motifs is 1. The Hall–Kier alpha value is -2.04. The van der Waals surface area contributed by atoms with Crippen LogP contribution in [-0.2, 0) is 0 Å². The molecule has 0 atom stereocenters. The number of hydrogen-bond donors (Lipinski definition) is 2. The Kier molecular flexibility index (Phi) is 2.76. The minimum atomic E-state index is -0.244. The molecule has 0 bridgehead atoms. The second-order valence-electron chi connectivity index (χ2n) is 3.83. The van der Waals surface area contributed by atoms with E-state index in [9.17, 15) is 4.79 Å². The summed E-state index contributed by atoms with van der Waals surface area (Å²) in [7, 11) is 0. The number of hydrogen-bond acceptors (Lipinski definition) is 2. The molecular weight excluding hydrogens is 204 g/mol. The molecule has 0 spiro atoms. The van der Waals surface area contributed by atoms with E-state index in [0.717, 1.165) is 5.52 Å². The van der Waals surface area contributed by atoms with Gasteiger partial charge in [-0.1, -0.05) is 6.07 Å². The zero-order valence-corrected chi connectivity index (χ0v) is 9.27. The molecule has 84 valence electrons. The molecule has 5 nitrogen and oxygen atoms in total. The summed E-state index contributed by atoms with van der Waals surface area (Å²) >= 11 is 0. The van der Waals surface area contributed by atoms with Crippen LogP contribution in [0.1, 0.15) is 13.8 Å². The summed E-state index contributed by atoms with van der Waals surface area (Å²) in [6.07, 6.45) is 3.57. The molecular formula is C11H14N4O. The molecule has 2 aromatic rings. The molecule has 2 aromatic heterocycles. The van der Waals surface area contributed by atoms with Gasteiger partial charge in [0.25, 0.3) is 0 Å². The van der Waals surface area contributed by atoms with Gasteiger partial charge in [0.05, 0.1) is 11.7 Å². The summed E-state index contributed by atoms with van der Waals surface area (Å²) in [5, 5.41) is 5.44. The van der Waals surface area contributed by atoms with Crippen LogP contribution < -0.4 is 10.6 Å². The van der Waals surface area contributed by atoms with Gasteiger partial charge in [-0.05, 0) is 26.0 Å². The molecule has 2 amide bonds. The first-order valence-corrected chi connectivity index (χ1v) is 5.16. The maximum Gasteiger partial charge on any atom is 0.321 e. The average Bonchev–Trinajstić information content (AvgIpc) is 2.61. The number of nitrogens with zero attached hydrogens (tertiary/aromatic N) is 2. The standard InChI is InChI=1S/C11H14N4O/c1-8(2)13-11(16)14-10-12-7-9-5-3-4-6-15(9)10/h3-8H,1-2H3,(H2,12,13,14,16). The van der Waals surface area contributed by atoms with Crippen molar-refractivity contribution < 1.29 is 4.79 Å². The quantitative estimate of drug-likeness (QED) is 0.808. The van der Waals surface area contributed by atoms with Crippen molar-refractivity contribution in [3.63, 3.8) is 0 Å². The van der Waals surface area contributed by atoms with Crippen molar-refractivity contribution in [1.82, 2.24) is 14.7 Å². The zero-order valence-electron chi connectivity index (χ0n) is 9.27. The normalized spacial score (nSPS) is 10.7. The maximum atomic E-state index is 11.5. The van der Waals surface area contributed by atoms with Crippen LogP contribution in [0, 0.1) is 0 Å². The summed E-state index contributed by atoms with van der Waals surface area (Å²) < 4.78 is 1.82. The Balaban J connectivity index is 2.18. The largest absolute Gasteiger partial charge is 0.336 e. The van der Waals surface area contributed by atoms with Gasteiger partial charge in [-0.2, -0.15) is 0 Å². The van der Waals surface area contributed by atoms with E-state index in [0.29, 0.717) is 5.95 Å². The molecule has 16 heavy (non-hydrogen) atoms. The molecule has 0 radical (unpaired) electrons. The molecule has 0 aliphatic rings. The first-order valence-electron chi connectivity index (χ1n) is 5.16. The summed E-state index contributed by atoms with van der Waals surface area (Å²) in [5.74, 6) is 0.522. The lowest BCUT2D eigenvalue weighted by atomic mass is 10.4. The number of nitrogens with one attached hydrogen (secondary N) is 2. The molecule has 0 fully saturated rings. The van der Waals surface area contributed by atoms with Crippen molar-refractivity contribution in [3.8, 4) is 0 Å². The van der Waals surface area contributed by atoms with Crippen molar-refractivity contribution in [2.45, 2.75) is 19.9 Å². The van der Waals surface area contributed by atoms with E-state index in [1.54, 1.807) is 6.20 Å². The number of carbonyl (C=O) groups excluding carboxylic acids is 1.